The lowest BCUT2D eigenvalue weighted by atomic mass is 9.74. The van der Waals surface area contributed by atoms with Crippen molar-refractivity contribution < 1.29 is 33.3 Å². The summed E-state index contributed by atoms with van der Waals surface area (Å²) in [5.41, 5.74) is -1.05. The smallest absolute Gasteiger partial charge is 0.337 e. The van der Waals surface area contributed by atoms with E-state index in [-0.39, 0.29) is 30.5 Å². The van der Waals surface area contributed by atoms with Crippen LogP contribution in [0.15, 0.2) is 0 Å². The van der Waals surface area contributed by atoms with Crippen LogP contribution in [-0.2, 0) is 33.3 Å². The summed E-state index contributed by atoms with van der Waals surface area (Å²) in [4.78, 5) is 34.7. The van der Waals surface area contributed by atoms with Crippen LogP contribution >= 0.6 is 0 Å². The molecule has 1 aliphatic heterocycles. The average Bonchev–Trinajstić information content (AvgIpc) is 2.52. The van der Waals surface area contributed by atoms with Crippen molar-refractivity contribution in [3.63, 3.8) is 0 Å². The molecule has 0 saturated carbocycles. The van der Waals surface area contributed by atoms with Gasteiger partial charge in [0, 0.05) is 19.8 Å². The van der Waals surface area contributed by atoms with E-state index in [0.717, 1.165) is 0 Å². The number of rotatable bonds is 6. The molecule has 0 bridgehead atoms. The van der Waals surface area contributed by atoms with Crippen molar-refractivity contribution in [1.82, 2.24) is 0 Å². The molecule has 1 saturated heterocycles. The molecule has 1 rings (SSSR count). The second-order valence-electron chi connectivity index (χ2n) is 7.16. The van der Waals surface area contributed by atoms with Gasteiger partial charge in [-0.2, -0.15) is 0 Å². The standard InChI is InChI=1S/C18H30O7/c1-10-8-18(6,17(21)22-7)25-16(11(10)2)12(3)15(24-14(5)20)9-23-13(4)19/h10-12,15-16H,8-9H2,1-7H3/t10?,11-,12-,15-,16?,18?/m1/s1. The largest absolute Gasteiger partial charge is 0.467 e. The maximum absolute atomic E-state index is 12.2. The van der Waals surface area contributed by atoms with Gasteiger partial charge < -0.3 is 18.9 Å². The average molecular weight is 358 g/mol. The van der Waals surface area contributed by atoms with Gasteiger partial charge in [0.25, 0.3) is 0 Å². The third kappa shape index (κ3) is 5.42. The fourth-order valence-corrected chi connectivity index (χ4v) is 3.43. The second kappa shape index (κ2) is 8.65. The topological polar surface area (TPSA) is 88.1 Å². The Morgan fingerprint density at radius 1 is 1.20 bits per heavy atom. The van der Waals surface area contributed by atoms with Crippen molar-refractivity contribution in [3.05, 3.63) is 0 Å². The minimum atomic E-state index is -1.05. The van der Waals surface area contributed by atoms with E-state index in [9.17, 15) is 14.4 Å². The number of hydrogen-bond donors (Lipinski definition) is 0. The SMILES string of the molecule is COC(=O)C1(C)CC(C)[C@@H](C)C([C@H](C)[C@@H](COC(C)=O)OC(C)=O)O1. The van der Waals surface area contributed by atoms with Crippen molar-refractivity contribution >= 4 is 17.9 Å². The quantitative estimate of drug-likeness (QED) is 0.531. The zero-order chi connectivity index (χ0) is 19.4. The van der Waals surface area contributed by atoms with Gasteiger partial charge in [-0.05, 0) is 25.2 Å². The van der Waals surface area contributed by atoms with Gasteiger partial charge in [0.1, 0.15) is 12.7 Å². The van der Waals surface area contributed by atoms with Gasteiger partial charge in [-0.25, -0.2) is 4.79 Å². The van der Waals surface area contributed by atoms with Gasteiger partial charge in [0.15, 0.2) is 5.60 Å². The first-order valence-electron chi connectivity index (χ1n) is 8.58. The van der Waals surface area contributed by atoms with E-state index in [2.05, 4.69) is 6.92 Å². The third-order valence-corrected chi connectivity index (χ3v) is 5.01. The minimum Gasteiger partial charge on any atom is -0.467 e. The van der Waals surface area contributed by atoms with Gasteiger partial charge in [0.05, 0.1) is 13.2 Å². The zero-order valence-corrected chi connectivity index (χ0v) is 16.2. The summed E-state index contributed by atoms with van der Waals surface area (Å²) in [5, 5.41) is 0. The molecule has 1 fully saturated rings. The number of esters is 3. The molecule has 0 amide bonds. The molecular weight excluding hydrogens is 328 g/mol. The summed E-state index contributed by atoms with van der Waals surface area (Å²) >= 11 is 0. The highest BCUT2D eigenvalue weighted by atomic mass is 16.6. The predicted molar refractivity (Wildman–Crippen MR) is 89.6 cm³/mol. The molecule has 0 radical (unpaired) electrons. The van der Waals surface area contributed by atoms with E-state index in [1.807, 2.05) is 13.8 Å². The molecule has 7 heteroatoms. The van der Waals surface area contributed by atoms with Crippen LogP contribution < -0.4 is 0 Å². The van der Waals surface area contributed by atoms with Crippen LogP contribution in [0.1, 0.15) is 48.0 Å². The van der Waals surface area contributed by atoms with Gasteiger partial charge >= 0.3 is 17.9 Å². The molecule has 1 aliphatic rings. The molecule has 0 aliphatic carbocycles. The van der Waals surface area contributed by atoms with Crippen molar-refractivity contribution in [2.75, 3.05) is 13.7 Å². The molecule has 3 unspecified atom stereocenters. The molecule has 0 aromatic rings. The molecule has 0 aromatic heterocycles. The van der Waals surface area contributed by atoms with Crippen molar-refractivity contribution in [3.8, 4) is 0 Å². The molecule has 6 atom stereocenters. The van der Waals surface area contributed by atoms with E-state index in [4.69, 9.17) is 18.9 Å². The summed E-state index contributed by atoms with van der Waals surface area (Å²) in [7, 11) is 1.33. The molecule has 0 aromatic carbocycles. The molecule has 1 heterocycles. The Balaban J connectivity index is 3.02. The number of ether oxygens (including phenoxy) is 4. The first kappa shape index (κ1) is 21.4. The van der Waals surface area contributed by atoms with Gasteiger partial charge in [-0.3, -0.25) is 9.59 Å². The van der Waals surface area contributed by atoms with Crippen LogP contribution in [0.2, 0.25) is 0 Å². The summed E-state index contributed by atoms with van der Waals surface area (Å²) in [6.45, 7) is 10.2. The Labute approximate surface area is 149 Å². The summed E-state index contributed by atoms with van der Waals surface area (Å²) in [5.74, 6) is -1.27. The summed E-state index contributed by atoms with van der Waals surface area (Å²) in [6, 6.07) is 0. The van der Waals surface area contributed by atoms with Crippen LogP contribution in [0.25, 0.3) is 0 Å². The number of hydrogen-bond acceptors (Lipinski definition) is 7. The summed E-state index contributed by atoms with van der Waals surface area (Å²) in [6.07, 6.45) is -0.458. The molecule has 0 spiro atoms. The lowest BCUT2D eigenvalue weighted by molar-refractivity contribution is -0.215. The lowest BCUT2D eigenvalue weighted by Gasteiger charge is -2.47. The normalized spacial score (nSPS) is 31.6. The zero-order valence-electron chi connectivity index (χ0n) is 16.2. The predicted octanol–water partition coefficient (Wildman–Crippen LogP) is 2.11. The van der Waals surface area contributed by atoms with E-state index in [1.165, 1.54) is 21.0 Å². The molecule has 0 N–H and O–H groups in total. The highest BCUT2D eigenvalue weighted by Gasteiger charge is 2.49. The number of carbonyl (C=O) groups is 3. The van der Waals surface area contributed by atoms with Gasteiger partial charge in [0.2, 0.25) is 0 Å². The Morgan fingerprint density at radius 2 is 1.80 bits per heavy atom. The van der Waals surface area contributed by atoms with E-state index in [1.54, 1.807) is 6.92 Å². The molecule has 7 nitrogen and oxygen atoms in total. The molecular formula is C18H30O7. The van der Waals surface area contributed by atoms with E-state index in [0.29, 0.717) is 6.42 Å². The highest BCUT2D eigenvalue weighted by Crippen LogP contribution is 2.41. The second-order valence-corrected chi connectivity index (χ2v) is 7.16. The first-order chi connectivity index (χ1) is 11.5. The highest BCUT2D eigenvalue weighted by molar-refractivity contribution is 5.79. The molecule has 25 heavy (non-hydrogen) atoms. The fourth-order valence-electron chi connectivity index (χ4n) is 3.43. The van der Waals surface area contributed by atoms with Crippen LogP contribution in [0.5, 0.6) is 0 Å². The van der Waals surface area contributed by atoms with Crippen molar-refractivity contribution in [2.45, 2.75) is 65.8 Å². The van der Waals surface area contributed by atoms with Crippen LogP contribution in [0.3, 0.4) is 0 Å². The Hall–Kier alpha value is -1.63. The Bertz CT molecular complexity index is 504. The maximum atomic E-state index is 12.2. The first-order valence-corrected chi connectivity index (χ1v) is 8.58. The Morgan fingerprint density at radius 3 is 2.28 bits per heavy atom. The van der Waals surface area contributed by atoms with E-state index >= 15 is 0 Å². The van der Waals surface area contributed by atoms with Gasteiger partial charge in [-0.15, -0.1) is 0 Å². The van der Waals surface area contributed by atoms with Gasteiger partial charge in [-0.1, -0.05) is 20.8 Å². The van der Waals surface area contributed by atoms with Crippen molar-refractivity contribution in [2.24, 2.45) is 17.8 Å². The lowest BCUT2D eigenvalue weighted by Crippen LogP contribution is -2.55. The maximum Gasteiger partial charge on any atom is 0.337 e. The third-order valence-electron chi connectivity index (χ3n) is 5.01. The number of methoxy groups -OCH3 is 1. The fraction of sp³-hybridized carbons (Fsp3) is 0.833. The molecule has 144 valence electrons. The summed E-state index contributed by atoms with van der Waals surface area (Å²) < 4.78 is 21.4. The minimum absolute atomic E-state index is 0.0496. The van der Waals surface area contributed by atoms with Crippen molar-refractivity contribution in [1.29, 1.82) is 0 Å². The van der Waals surface area contributed by atoms with Crippen LogP contribution in [0, 0.1) is 17.8 Å². The Kier molecular flexibility index (Phi) is 7.41. The van der Waals surface area contributed by atoms with E-state index < -0.39 is 29.6 Å². The number of carbonyl (C=O) groups excluding carboxylic acids is 3. The van der Waals surface area contributed by atoms with Crippen LogP contribution in [-0.4, -0.2) is 49.4 Å². The monoisotopic (exact) mass is 358 g/mol. The van der Waals surface area contributed by atoms with Crippen LogP contribution in [0.4, 0.5) is 0 Å².